The lowest BCUT2D eigenvalue weighted by Gasteiger charge is -2.18. The molecule has 0 aliphatic heterocycles. The van der Waals surface area contributed by atoms with Crippen molar-refractivity contribution >= 4 is 28.5 Å². The second kappa shape index (κ2) is 8.99. The Bertz CT molecular complexity index is 1110. The fraction of sp³-hybridized carbons (Fsp3) is 0.190. The monoisotopic (exact) mass is 409 g/mol. The van der Waals surface area contributed by atoms with E-state index < -0.39 is 22.8 Å². The first kappa shape index (κ1) is 20.7. The first-order valence-corrected chi connectivity index (χ1v) is 8.98. The number of methoxy groups -OCH3 is 2. The van der Waals surface area contributed by atoms with Crippen molar-refractivity contribution < 1.29 is 24.0 Å². The van der Waals surface area contributed by atoms with Crippen LogP contribution in [0.5, 0.6) is 5.75 Å². The van der Waals surface area contributed by atoms with E-state index in [1.165, 1.54) is 32.4 Å². The minimum atomic E-state index is -1.09. The van der Waals surface area contributed by atoms with Crippen LogP contribution in [0.15, 0.2) is 54.7 Å². The Morgan fingerprint density at radius 1 is 1.17 bits per heavy atom. The van der Waals surface area contributed by atoms with Gasteiger partial charge < -0.3 is 14.8 Å². The Morgan fingerprint density at radius 3 is 2.63 bits per heavy atom. The highest BCUT2D eigenvalue weighted by atomic mass is 16.6. The number of amides is 1. The minimum Gasteiger partial charge on any atom is -0.496 e. The van der Waals surface area contributed by atoms with Crippen LogP contribution in [-0.2, 0) is 16.0 Å². The van der Waals surface area contributed by atoms with Crippen LogP contribution in [0.2, 0.25) is 0 Å². The van der Waals surface area contributed by atoms with E-state index in [9.17, 15) is 19.7 Å². The van der Waals surface area contributed by atoms with Crippen molar-refractivity contribution in [3.8, 4) is 5.75 Å². The maximum Gasteiger partial charge on any atom is 0.328 e. The van der Waals surface area contributed by atoms with Gasteiger partial charge in [-0.25, -0.2) is 4.79 Å². The minimum absolute atomic E-state index is 0.0541. The van der Waals surface area contributed by atoms with Gasteiger partial charge in [-0.05, 0) is 18.2 Å². The van der Waals surface area contributed by atoms with E-state index in [1.54, 1.807) is 24.4 Å². The molecule has 0 fully saturated rings. The predicted octanol–water partition coefficient (Wildman–Crippen LogP) is 2.67. The first-order valence-electron chi connectivity index (χ1n) is 8.98. The average Bonchev–Trinajstić information content (AvgIpc) is 2.77. The fourth-order valence-corrected chi connectivity index (χ4v) is 3.12. The number of pyridine rings is 1. The van der Waals surface area contributed by atoms with Crippen LogP contribution in [0.4, 0.5) is 5.69 Å². The van der Waals surface area contributed by atoms with Crippen molar-refractivity contribution in [1.82, 2.24) is 10.3 Å². The molecule has 9 nitrogen and oxygen atoms in total. The zero-order chi connectivity index (χ0) is 21.7. The van der Waals surface area contributed by atoms with Gasteiger partial charge in [0.05, 0.1) is 30.2 Å². The summed E-state index contributed by atoms with van der Waals surface area (Å²) in [5.41, 5.74) is 1.03. The molecular weight excluding hydrogens is 390 g/mol. The normalized spacial score (nSPS) is 11.5. The molecule has 1 atom stereocenters. The lowest BCUT2D eigenvalue weighted by molar-refractivity contribution is -0.384. The number of carbonyl (C=O) groups is 2. The van der Waals surface area contributed by atoms with Gasteiger partial charge in [0.25, 0.3) is 11.6 Å². The lowest BCUT2D eigenvalue weighted by atomic mass is 10.0. The van der Waals surface area contributed by atoms with Gasteiger partial charge >= 0.3 is 5.97 Å². The van der Waals surface area contributed by atoms with E-state index in [-0.39, 0.29) is 12.1 Å². The smallest absolute Gasteiger partial charge is 0.328 e. The Labute approximate surface area is 171 Å². The number of para-hydroxylation sites is 1. The van der Waals surface area contributed by atoms with Gasteiger partial charge in [0, 0.05) is 35.7 Å². The molecule has 154 valence electrons. The van der Waals surface area contributed by atoms with Gasteiger partial charge in [0.1, 0.15) is 11.8 Å². The van der Waals surface area contributed by atoms with Crippen LogP contribution in [-0.4, -0.2) is 42.0 Å². The summed E-state index contributed by atoms with van der Waals surface area (Å²) in [6.07, 6.45) is 1.52. The molecule has 0 saturated carbocycles. The third-order valence-corrected chi connectivity index (χ3v) is 4.57. The van der Waals surface area contributed by atoms with Gasteiger partial charge in [-0.15, -0.1) is 0 Å². The maximum atomic E-state index is 12.9. The number of nitrogens with zero attached hydrogens (tertiary/aromatic N) is 2. The van der Waals surface area contributed by atoms with E-state index in [1.807, 2.05) is 12.1 Å². The molecule has 1 amide bonds. The maximum absolute atomic E-state index is 12.9. The molecule has 0 radical (unpaired) electrons. The van der Waals surface area contributed by atoms with Gasteiger partial charge in [-0.2, -0.15) is 0 Å². The molecule has 1 heterocycles. The second-order valence-corrected chi connectivity index (χ2v) is 6.39. The number of fused-ring (bicyclic) bond motifs is 1. The number of rotatable bonds is 7. The molecule has 2 aromatic carbocycles. The van der Waals surface area contributed by atoms with Crippen molar-refractivity contribution in [2.45, 2.75) is 12.5 Å². The summed E-state index contributed by atoms with van der Waals surface area (Å²) in [7, 11) is 2.61. The van der Waals surface area contributed by atoms with Crippen molar-refractivity contribution in [3.63, 3.8) is 0 Å². The summed E-state index contributed by atoms with van der Waals surface area (Å²) < 4.78 is 10.1. The van der Waals surface area contributed by atoms with Crippen LogP contribution in [0, 0.1) is 10.1 Å². The van der Waals surface area contributed by atoms with Crippen LogP contribution < -0.4 is 10.1 Å². The molecule has 0 aliphatic rings. The number of nitro groups is 1. The van der Waals surface area contributed by atoms with Crippen molar-refractivity contribution in [2.24, 2.45) is 0 Å². The van der Waals surface area contributed by atoms with E-state index in [0.29, 0.717) is 22.4 Å². The number of ether oxygens (including phenoxy) is 2. The number of benzene rings is 2. The molecule has 1 aromatic heterocycles. The molecular formula is C21H19N3O6. The Morgan fingerprint density at radius 2 is 1.93 bits per heavy atom. The van der Waals surface area contributed by atoms with Gasteiger partial charge in [0.15, 0.2) is 0 Å². The highest BCUT2D eigenvalue weighted by Gasteiger charge is 2.26. The van der Waals surface area contributed by atoms with Crippen LogP contribution >= 0.6 is 0 Å². The van der Waals surface area contributed by atoms with Crippen molar-refractivity contribution in [1.29, 1.82) is 0 Å². The third kappa shape index (κ3) is 4.35. The zero-order valence-corrected chi connectivity index (χ0v) is 16.3. The highest BCUT2D eigenvalue weighted by Crippen LogP contribution is 2.25. The number of esters is 1. The lowest BCUT2D eigenvalue weighted by Crippen LogP contribution is -2.43. The molecule has 9 heteroatoms. The van der Waals surface area contributed by atoms with E-state index in [0.717, 1.165) is 5.39 Å². The third-order valence-electron chi connectivity index (χ3n) is 4.57. The Kier molecular flexibility index (Phi) is 6.21. The molecule has 0 bridgehead atoms. The average molecular weight is 409 g/mol. The first-order chi connectivity index (χ1) is 14.4. The summed E-state index contributed by atoms with van der Waals surface area (Å²) in [6, 6.07) is 11.7. The zero-order valence-electron chi connectivity index (χ0n) is 16.3. The Hall–Kier alpha value is -4.01. The quantitative estimate of drug-likeness (QED) is 0.362. The van der Waals surface area contributed by atoms with Gasteiger partial charge in [-0.1, -0.05) is 18.2 Å². The number of hydrogen-bond donors (Lipinski definition) is 1. The molecule has 0 saturated heterocycles. The summed E-state index contributed by atoms with van der Waals surface area (Å²) in [4.78, 5) is 40.1. The number of nitro benzene ring substituents is 1. The number of carbonyl (C=O) groups excluding carboxylic acids is 2. The summed E-state index contributed by atoms with van der Waals surface area (Å²) in [6.45, 7) is 0. The van der Waals surface area contributed by atoms with E-state index >= 15 is 0 Å². The number of non-ortho nitro benzene ring substituents is 1. The van der Waals surface area contributed by atoms with Crippen molar-refractivity contribution in [3.05, 3.63) is 76.0 Å². The molecule has 0 spiro atoms. The number of nitrogens with one attached hydrogen (secondary N) is 1. The summed E-state index contributed by atoms with van der Waals surface area (Å²) in [5, 5.41) is 14.5. The van der Waals surface area contributed by atoms with Crippen LogP contribution in [0.3, 0.4) is 0 Å². The second-order valence-electron chi connectivity index (χ2n) is 6.39. The number of aromatic nitrogens is 1. The fourth-order valence-electron chi connectivity index (χ4n) is 3.12. The van der Waals surface area contributed by atoms with E-state index in [2.05, 4.69) is 10.3 Å². The highest BCUT2D eigenvalue weighted by molar-refractivity contribution is 6.06. The SMILES string of the molecule is COC(=O)[C@@H](Cc1cc([N+](=O)[O-])ccc1OC)NC(=O)c1cccc2cccnc12. The summed E-state index contributed by atoms with van der Waals surface area (Å²) in [5.74, 6) is -0.847. The van der Waals surface area contributed by atoms with Crippen LogP contribution in [0.25, 0.3) is 10.9 Å². The Balaban J connectivity index is 1.92. The molecule has 0 unspecified atom stereocenters. The van der Waals surface area contributed by atoms with Gasteiger partial charge in [0.2, 0.25) is 0 Å². The largest absolute Gasteiger partial charge is 0.496 e. The molecule has 0 aliphatic carbocycles. The summed E-state index contributed by atoms with van der Waals surface area (Å²) >= 11 is 0. The molecule has 3 rings (SSSR count). The standard InChI is InChI=1S/C21H19N3O6/c1-29-18-9-8-15(24(27)28)11-14(18)12-17(21(26)30-2)23-20(25)16-7-3-5-13-6-4-10-22-19(13)16/h3-11,17H,12H2,1-2H3,(H,23,25)/t17-/m1/s1. The predicted molar refractivity (Wildman–Crippen MR) is 108 cm³/mol. The van der Waals surface area contributed by atoms with E-state index in [4.69, 9.17) is 9.47 Å². The molecule has 1 N–H and O–H groups in total. The van der Waals surface area contributed by atoms with Crippen molar-refractivity contribution in [2.75, 3.05) is 14.2 Å². The number of hydrogen-bond acceptors (Lipinski definition) is 7. The van der Waals surface area contributed by atoms with Crippen LogP contribution in [0.1, 0.15) is 15.9 Å². The molecule has 30 heavy (non-hydrogen) atoms. The van der Waals surface area contributed by atoms with Gasteiger partial charge in [-0.3, -0.25) is 19.9 Å². The molecule has 3 aromatic rings. The topological polar surface area (TPSA) is 121 Å².